The maximum absolute atomic E-state index is 11.4. The second-order valence-corrected chi connectivity index (χ2v) is 7.84. The lowest BCUT2D eigenvalue weighted by molar-refractivity contribution is -0.00928. The van der Waals surface area contributed by atoms with Crippen LogP contribution in [0.15, 0.2) is 54.6 Å². The minimum absolute atomic E-state index is 0.118. The zero-order valence-corrected chi connectivity index (χ0v) is 19.4. The van der Waals surface area contributed by atoms with Gasteiger partial charge in [-0.1, -0.05) is 83.0 Å². The van der Waals surface area contributed by atoms with E-state index in [1.807, 2.05) is 19.9 Å². The molecule has 2 N–H and O–H groups in total. The van der Waals surface area contributed by atoms with Gasteiger partial charge in [0.1, 0.15) is 0 Å². The molecule has 162 valence electrons. The highest BCUT2D eigenvalue weighted by Gasteiger charge is 2.35. The molecule has 3 heteroatoms. The fourth-order valence-electron chi connectivity index (χ4n) is 3.66. The van der Waals surface area contributed by atoms with Gasteiger partial charge < -0.3 is 15.3 Å². The predicted molar refractivity (Wildman–Crippen MR) is 128 cm³/mol. The van der Waals surface area contributed by atoms with Gasteiger partial charge in [0, 0.05) is 24.7 Å². The molecule has 3 nitrogen and oxygen atoms in total. The molecule has 0 spiro atoms. The van der Waals surface area contributed by atoms with Crippen LogP contribution in [0.2, 0.25) is 0 Å². The molecule has 2 atom stereocenters. The van der Waals surface area contributed by atoms with Crippen molar-refractivity contribution < 1.29 is 5.11 Å². The van der Waals surface area contributed by atoms with Crippen molar-refractivity contribution in [2.24, 2.45) is 0 Å². The Morgan fingerprint density at radius 3 is 2.10 bits per heavy atom. The Balaban J connectivity index is 0.00000204. The van der Waals surface area contributed by atoms with Gasteiger partial charge in [0.15, 0.2) is 0 Å². The van der Waals surface area contributed by atoms with Gasteiger partial charge >= 0.3 is 0 Å². The molecule has 0 amide bonds. The van der Waals surface area contributed by atoms with Gasteiger partial charge in [0.25, 0.3) is 0 Å². The number of nitrogens with one attached hydrogen (secondary N) is 1. The summed E-state index contributed by atoms with van der Waals surface area (Å²) in [6.45, 7) is 9.96. The fraction of sp³-hybridized carbons (Fsp3) is 0.538. The predicted octanol–water partition coefficient (Wildman–Crippen LogP) is 6.30. The molecule has 29 heavy (non-hydrogen) atoms. The second kappa shape index (κ2) is 13.4. The zero-order valence-electron chi connectivity index (χ0n) is 19.4. The molecule has 0 radical (unpaired) electrons. The SMILES string of the molecule is CC.CCCCC(O)(CC)C(CN(C)C)c1ccc(NCc2ccccc2)cc1. The molecule has 0 heterocycles. The molecule has 2 rings (SSSR count). The molecule has 0 bridgehead atoms. The van der Waals surface area contributed by atoms with Crippen LogP contribution >= 0.6 is 0 Å². The van der Waals surface area contributed by atoms with Gasteiger partial charge in [-0.25, -0.2) is 0 Å². The summed E-state index contributed by atoms with van der Waals surface area (Å²) in [4.78, 5) is 2.18. The van der Waals surface area contributed by atoms with E-state index in [2.05, 4.69) is 86.7 Å². The number of aliphatic hydroxyl groups is 1. The number of hydrogen-bond donors (Lipinski definition) is 2. The maximum atomic E-state index is 11.4. The van der Waals surface area contributed by atoms with Crippen LogP contribution in [0.4, 0.5) is 5.69 Å². The van der Waals surface area contributed by atoms with E-state index in [1.54, 1.807) is 0 Å². The van der Waals surface area contributed by atoms with E-state index in [0.717, 1.165) is 44.5 Å². The summed E-state index contributed by atoms with van der Waals surface area (Å²) in [5.74, 6) is 0.118. The number of unbranched alkanes of at least 4 members (excludes halogenated alkanes) is 1. The molecular weight excluding hydrogens is 356 g/mol. The first-order valence-corrected chi connectivity index (χ1v) is 11.2. The molecule has 0 saturated heterocycles. The van der Waals surface area contributed by atoms with E-state index in [-0.39, 0.29) is 5.92 Å². The van der Waals surface area contributed by atoms with Gasteiger partial charge in [-0.3, -0.25) is 0 Å². The largest absolute Gasteiger partial charge is 0.389 e. The third-order valence-electron chi connectivity index (χ3n) is 5.42. The first-order chi connectivity index (χ1) is 14.0. The van der Waals surface area contributed by atoms with Crippen molar-refractivity contribution in [2.45, 2.75) is 71.4 Å². The van der Waals surface area contributed by atoms with Crippen molar-refractivity contribution in [1.29, 1.82) is 0 Å². The quantitative estimate of drug-likeness (QED) is 0.466. The number of likely N-dealkylation sites (N-methyl/N-ethyl adjacent to an activating group) is 1. The van der Waals surface area contributed by atoms with Crippen LogP contribution < -0.4 is 5.32 Å². The summed E-state index contributed by atoms with van der Waals surface area (Å²) in [5, 5.41) is 14.9. The molecule has 2 unspecified atom stereocenters. The summed E-state index contributed by atoms with van der Waals surface area (Å²) in [5.41, 5.74) is 2.94. The van der Waals surface area contributed by atoms with Crippen LogP contribution in [0.1, 0.15) is 70.4 Å². The summed E-state index contributed by atoms with van der Waals surface area (Å²) < 4.78 is 0. The molecule has 0 aromatic heterocycles. The highest BCUT2D eigenvalue weighted by Crippen LogP contribution is 2.36. The summed E-state index contributed by atoms with van der Waals surface area (Å²) in [6, 6.07) is 19.0. The van der Waals surface area contributed by atoms with E-state index in [9.17, 15) is 5.11 Å². The van der Waals surface area contributed by atoms with Crippen molar-refractivity contribution >= 4 is 5.69 Å². The highest BCUT2D eigenvalue weighted by molar-refractivity contribution is 5.46. The molecule has 0 aliphatic carbocycles. The smallest absolute Gasteiger partial charge is 0.0725 e. The van der Waals surface area contributed by atoms with Crippen molar-refractivity contribution in [3.63, 3.8) is 0 Å². The van der Waals surface area contributed by atoms with E-state index >= 15 is 0 Å². The monoisotopic (exact) mass is 398 g/mol. The van der Waals surface area contributed by atoms with Gasteiger partial charge in [-0.2, -0.15) is 0 Å². The van der Waals surface area contributed by atoms with Crippen molar-refractivity contribution in [3.05, 3.63) is 65.7 Å². The molecule has 2 aromatic rings. The topological polar surface area (TPSA) is 35.5 Å². The Morgan fingerprint density at radius 1 is 0.966 bits per heavy atom. The minimum atomic E-state index is -0.654. The molecule has 0 aliphatic heterocycles. The van der Waals surface area contributed by atoms with Crippen LogP contribution in [-0.2, 0) is 6.54 Å². The lowest BCUT2D eigenvalue weighted by atomic mass is 9.76. The minimum Gasteiger partial charge on any atom is -0.389 e. The van der Waals surface area contributed by atoms with Crippen LogP contribution in [0, 0.1) is 0 Å². The number of benzene rings is 2. The van der Waals surface area contributed by atoms with Crippen molar-refractivity contribution in [1.82, 2.24) is 4.90 Å². The van der Waals surface area contributed by atoms with Crippen LogP contribution in [-0.4, -0.2) is 36.2 Å². The molecule has 0 saturated carbocycles. The van der Waals surface area contributed by atoms with Crippen molar-refractivity contribution in [2.75, 3.05) is 26.0 Å². The summed E-state index contributed by atoms with van der Waals surface area (Å²) in [6.07, 6.45) is 3.80. The maximum Gasteiger partial charge on any atom is 0.0725 e. The molecule has 2 aromatic carbocycles. The normalized spacial score (nSPS) is 13.9. The summed E-state index contributed by atoms with van der Waals surface area (Å²) >= 11 is 0. The third-order valence-corrected chi connectivity index (χ3v) is 5.42. The van der Waals surface area contributed by atoms with Crippen LogP contribution in [0.3, 0.4) is 0 Å². The zero-order chi connectivity index (χ0) is 21.7. The van der Waals surface area contributed by atoms with E-state index in [4.69, 9.17) is 0 Å². The van der Waals surface area contributed by atoms with Crippen LogP contribution in [0.5, 0.6) is 0 Å². The lowest BCUT2D eigenvalue weighted by Gasteiger charge is -2.38. The molecule has 0 aliphatic rings. The van der Waals surface area contributed by atoms with E-state index in [0.29, 0.717) is 0 Å². The Bertz CT molecular complexity index is 654. The Labute approximate surface area is 179 Å². The van der Waals surface area contributed by atoms with Crippen LogP contribution in [0.25, 0.3) is 0 Å². The Hall–Kier alpha value is -1.84. The number of rotatable bonds is 11. The first kappa shape index (κ1) is 25.2. The second-order valence-electron chi connectivity index (χ2n) is 7.84. The third kappa shape index (κ3) is 8.20. The Morgan fingerprint density at radius 2 is 1.59 bits per heavy atom. The van der Waals surface area contributed by atoms with Gasteiger partial charge in [-0.15, -0.1) is 0 Å². The first-order valence-electron chi connectivity index (χ1n) is 11.2. The average molecular weight is 399 g/mol. The fourth-order valence-corrected chi connectivity index (χ4v) is 3.66. The highest BCUT2D eigenvalue weighted by atomic mass is 16.3. The van der Waals surface area contributed by atoms with Gasteiger partial charge in [-0.05, 0) is 50.2 Å². The molecule has 0 fully saturated rings. The Kier molecular flexibility index (Phi) is 11.6. The van der Waals surface area contributed by atoms with Crippen molar-refractivity contribution in [3.8, 4) is 0 Å². The number of nitrogens with zero attached hydrogens (tertiary/aromatic N) is 1. The number of hydrogen-bond acceptors (Lipinski definition) is 3. The van der Waals surface area contributed by atoms with E-state index in [1.165, 1.54) is 11.1 Å². The van der Waals surface area contributed by atoms with E-state index < -0.39 is 5.60 Å². The average Bonchev–Trinajstić information content (AvgIpc) is 2.77. The number of anilines is 1. The standard InChI is InChI=1S/C24H36N2O.C2H6/c1-5-7-17-24(27,6-2)23(19-26(3)4)21-13-15-22(16-14-21)25-18-20-11-9-8-10-12-20;1-2/h8-16,23,25,27H,5-7,17-19H2,1-4H3;1-2H3. The molecular formula is C26H42N2O. The van der Waals surface area contributed by atoms with Gasteiger partial charge in [0.2, 0.25) is 0 Å². The summed E-state index contributed by atoms with van der Waals surface area (Å²) in [7, 11) is 4.16. The van der Waals surface area contributed by atoms with Gasteiger partial charge in [0.05, 0.1) is 5.60 Å². The lowest BCUT2D eigenvalue weighted by Crippen LogP contribution is -2.41.